The Labute approximate surface area is 181 Å². The summed E-state index contributed by atoms with van der Waals surface area (Å²) in [5.74, 6) is -4.08. The Morgan fingerprint density at radius 3 is 1.55 bits per heavy atom. The van der Waals surface area contributed by atoms with E-state index in [1.54, 1.807) is 26.8 Å². The van der Waals surface area contributed by atoms with Gasteiger partial charge in [0.15, 0.2) is 0 Å². The molecule has 11 nitrogen and oxygen atoms in total. The Hall–Kier alpha value is -3.16. The van der Waals surface area contributed by atoms with Crippen LogP contribution in [0.1, 0.15) is 60.3 Å². The first-order chi connectivity index (χ1) is 14.5. The molecule has 0 aromatic carbocycles. The molecule has 0 rings (SSSR count). The van der Waals surface area contributed by atoms with Crippen LogP contribution >= 0.6 is 0 Å². The van der Waals surface area contributed by atoms with Crippen LogP contribution in [0.3, 0.4) is 0 Å². The first kappa shape index (κ1) is 27.8. The predicted octanol–water partition coefficient (Wildman–Crippen LogP) is 0.509. The topological polar surface area (TPSA) is 161 Å². The van der Waals surface area contributed by atoms with Crippen LogP contribution in [0, 0.1) is 11.3 Å². The van der Waals surface area contributed by atoms with Gasteiger partial charge in [-0.25, -0.2) is 14.4 Å². The van der Waals surface area contributed by atoms with Gasteiger partial charge in [-0.2, -0.15) is 5.26 Å². The molecule has 174 valence electrons. The molecular weight excluding hydrogens is 410 g/mol. The number of ether oxygens (including phenoxy) is 3. The van der Waals surface area contributed by atoms with Gasteiger partial charge in [0, 0.05) is 13.8 Å². The fourth-order valence-corrected chi connectivity index (χ4v) is 2.94. The molecule has 2 amide bonds. The van der Waals surface area contributed by atoms with E-state index in [4.69, 9.17) is 14.2 Å². The molecule has 0 radical (unpaired) electrons. The van der Waals surface area contributed by atoms with Crippen LogP contribution in [-0.4, -0.2) is 60.6 Å². The van der Waals surface area contributed by atoms with Gasteiger partial charge in [-0.3, -0.25) is 9.59 Å². The summed E-state index contributed by atoms with van der Waals surface area (Å²) in [4.78, 5) is 60.7. The number of esters is 3. The third-order valence-corrected chi connectivity index (χ3v) is 4.19. The number of carbonyl (C=O) groups is 5. The van der Waals surface area contributed by atoms with Gasteiger partial charge in [0.2, 0.25) is 22.9 Å². The SMILES string of the molecule is CCOC(=O)C(CCCC[C@@](C#N)(NC(C)=O)C(=O)OCC)(NC(C)=O)C(=O)OCC. The van der Waals surface area contributed by atoms with Crippen molar-refractivity contribution in [3.05, 3.63) is 0 Å². The van der Waals surface area contributed by atoms with Gasteiger partial charge in [-0.15, -0.1) is 0 Å². The maximum atomic E-state index is 12.6. The predicted molar refractivity (Wildman–Crippen MR) is 107 cm³/mol. The van der Waals surface area contributed by atoms with Crippen molar-refractivity contribution in [3.8, 4) is 6.07 Å². The number of nitrogens with zero attached hydrogens (tertiary/aromatic N) is 1. The summed E-state index contributed by atoms with van der Waals surface area (Å²) in [6.45, 7) is 6.93. The van der Waals surface area contributed by atoms with E-state index in [0.717, 1.165) is 13.8 Å². The number of hydrogen-bond donors (Lipinski definition) is 2. The highest BCUT2D eigenvalue weighted by Crippen LogP contribution is 2.23. The van der Waals surface area contributed by atoms with E-state index >= 15 is 0 Å². The highest BCUT2D eigenvalue weighted by molar-refractivity contribution is 6.07. The van der Waals surface area contributed by atoms with Gasteiger partial charge < -0.3 is 24.8 Å². The maximum Gasteiger partial charge on any atom is 0.346 e. The van der Waals surface area contributed by atoms with Crippen molar-refractivity contribution >= 4 is 29.7 Å². The van der Waals surface area contributed by atoms with Crippen LogP contribution in [0.2, 0.25) is 0 Å². The molecule has 0 heterocycles. The Morgan fingerprint density at radius 2 is 1.16 bits per heavy atom. The van der Waals surface area contributed by atoms with Gasteiger partial charge in [0.1, 0.15) is 6.07 Å². The summed E-state index contributed by atoms with van der Waals surface area (Å²) < 4.78 is 14.9. The van der Waals surface area contributed by atoms with Crippen LogP contribution in [0.5, 0.6) is 0 Å². The van der Waals surface area contributed by atoms with E-state index in [2.05, 4.69) is 10.6 Å². The fraction of sp³-hybridized carbons (Fsp3) is 0.700. The second-order valence-corrected chi connectivity index (χ2v) is 6.65. The Morgan fingerprint density at radius 1 is 0.742 bits per heavy atom. The lowest BCUT2D eigenvalue weighted by Crippen LogP contribution is -2.61. The molecule has 0 aliphatic heterocycles. The van der Waals surface area contributed by atoms with Gasteiger partial charge in [-0.05, 0) is 46.5 Å². The van der Waals surface area contributed by atoms with Crippen molar-refractivity contribution in [1.82, 2.24) is 10.6 Å². The summed E-state index contributed by atoms with van der Waals surface area (Å²) in [5.41, 5.74) is -3.97. The molecule has 1 atom stereocenters. The van der Waals surface area contributed by atoms with Gasteiger partial charge >= 0.3 is 17.9 Å². The molecule has 0 aromatic rings. The summed E-state index contributed by atoms with van der Waals surface area (Å²) in [5, 5.41) is 14.2. The van der Waals surface area contributed by atoms with E-state index < -0.39 is 40.8 Å². The third-order valence-electron chi connectivity index (χ3n) is 4.19. The van der Waals surface area contributed by atoms with Crippen molar-refractivity contribution in [2.45, 2.75) is 71.4 Å². The Bertz CT molecular complexity index is 698. The molecule has 11 heteroatoms. The lowest BCUT2D eigenvalue weighted by molar-refractivity contribution is -0.168. The minimum atomic E-state index is -2.06. The van der Waals surface area contributed by atoms with E-state index in [9.17, 15) is 29.2 Å². The average Bonchev–Trinajstić information content (AvgIpc) is 2.69. The Kier molecular flexibility index (Phi) is 11.9. The third kappa shape index (κ3) is 7.88. The van der Waals surface area contributed by atoms with Crippen molar-refractivity contribution in [3.63, 3.8) is 0 Å². The molecule has 0 aliphatic carbocycles. The molecular formula is C20H31N3O8. The number of rotatable bonds is 13. The average molecular weight is 441 g/mol. The lowest BCUT2D eigenvalue weighted by atomic mass is 9.88. The molecule has 2 N–H and O–H groups in total. The number of hydrogen-bond acceptors (Lipinski definition) is 9. The van der Waals surface area contributed by atoms with Gasteiger partial charge in [-0.1, -0.05) is 0 Å². The molecule has 0 saturated carbocycles. The molecule has 0 bridgehead atoms. The highest BCUT2D eigenvalue weighted by Gasteiger charge is 2.50. The number of nitrogens with one attached hydrogen (secondary N) is 2. The fourth-order valence-electron chi connectivity index (χ4n) is 2.94. The van der Waals surface area contributed by atoms with Crippen molar-refractivity contribution < 1.29 is 38.2 Å². The van der Waals surface area contributed by atoms with E-state index in [0.29, 0.717) is 0 Å². The molecule has 31 heavy (non-hydrogen) atoms. The molecule has 0 aromatic heterocycles. The van der Waals surface area contributed by atoms with Crippen LogP contribution in [0.4, 0.5) is 0 Å². The van der Waals surface area contributed by atoms with E-state index in [1.807, 2.05) is 0 Å². The number of carbonyl (C=O) groups excluding carboxylic acids is 5. The molecule has 0 aliphatic rings. The maximum absolute atomic E-state index is 12.6. The Balaban J connectivity index is 5.65. The molecule has 0 spiro atoms. The smallest absolute Gasteiger partial charge is 0.346 e. The lowest BCUT2D eigenvalue weighted by Gasteiger charge is -2.30. The highest BCUT2D eigenvalue weighted by atomic mass is 16.6. The van der Waals surface area contributed by atoms with Crippen molar-refractivity contribution in [2.75, 3.05) is 19.8 Å². The second-order valence-electron chi connectivity index (χ2n) is 6.65. The van der Waals surface area contributed by atoms with E-state index in [-0.39, 0.29) is 45.5 Å². The number of unbranched alkanes of at least 4 members (excludes halogenated alkanes) is 1. The zero-order chi connectivity index (χ0) is 24.1. The summed E-state index contributed by atoms with van der Waals surface area (Å²) in [6.07, 6.45) is -0.0918. The monoisotopic (exact) mass is 441 g/mol. The summed E-state index contributed by atoms with van der Waals surface area (Å²) in [6, 6.07) is 1.79. The van der Waals surface area contributed by atoms with Crippen molar-refractivity contribution in [2.24, 2.45) is 0 Å². The minimum Gasteiger partial charge on any atom is -0.464 e. The standard InChI is InChI=1S/C20H31N3O8/c1-6-29-16(26)19(13-21,22-14(4)24)11-9-10-12-20(23-15(5)25,17(27)30-7-2)18(28)31-8-3/h6-12H2,1-5H3,(H,22,24)(H,23,25)/t19-/m0/s1. The molecule has 0 saturated heterocycles. The first-order valence-electron chi connectivity index (χ1n) is 10.1. The van der Waals surface area contributed by atoms with Crippen LogP contribution in [0.25, 0.3) is 0 Å². The molecule has 0 fully saturated rings. The largest absolute Gasteiger partial charge is 0.464 e. The van der Waals surface area contributed by atoms with Gasteiger partial charge in [0.25, 0.3) is 0 Å². The van der Waals surface area contributed by atoms with Crippen LogP contribution in [0.15, 0.2) is 0 Å². The zero-order valence-corrected chi connectivity index (χ0v) is 18.7. The normalized spacial score (nSPS) is 12.5. The van der Waals surface area contributed by atoms with Gasteiger partial charge in [0.05, 0.1) is 19.8 Å². The van der Waals surface area contributed by atoms with E-state index in [1.165, 1.54) is 0 Å². The second kappa shape index (κ2) is 13.2. The first-order valence-corrected chi connectivity index (χ1v) is 10.1. The number of nitriles is 1. The summed E-state index contributed by atoms with van der Waals surface area (Å²) >= 11 is 0. The van der Waals surface area contributed by atoms with Crippen LogP contribution in [-0.2, 0) is 38.2 Å². The number of amides is 2. The molecule has 0 unspecified atom stereocenters. The summed E-state index contributed by atoms with van der Waals surface area (Å²) in [7, 11) is 0. The zero-order valence-electron chi connectivity index (χ0n) is 18.7. The van der Waals surface area contributed by atoms with Crippen LogP contribution < -0.4 is 10.6 Å². The minimum absolute atomic E-state index is 0.0131. The quantitative estimate of drug-likeness (QED) is 0.179. The van der Waals surface area contributed by atoms with Crippen molar-refractivity contribution in [1.29, 1.82) is 5.26 Å².